The summed E-state index contributed by atoms with van der Waals surface area (Å²) in [6.45, 7) is 1.22. The van der Waals surface area contributed by atoms with Crippen LogP contribution < -0.4 is 0 Å². The lowest BCUT2D eigenvalue weighted by atomic mass is 10.2. The molecular weight excluding hydrogens is 178 g/mol. The van der Waals surface area contributed by atoms with Crippen LogP contribution in [0.5, 0.6) is 0 Å². The van der Waals surface area contributed by atoms with Crippen LogP contribution in [0.2, 0.25) is 0 Å². The quantitative estimate of drug-likeness (QED) is 0.722. The highest BCUT2D eigenvalue weighted by Gasteiger charge is 2.13. The molecule has 0 spiro atoms. The lowest BCUT2D eigenvalue weighted by molar-refractivity contribution is 0.482. The summed E-state index contributed by atoms with van der Waals surface area (Å²) in [5.41, 5.74) is 0.297. The van der Waals surface area contributed by atoms with E-state index in [4.69, 9.17) is 4.89 Å². The zero-order valence-corrected chi connectivity index (χ0v) is 7.59. The summed E-state index contributed by atoms with van der Waals surface area (Å²) in [4.78, 5) is 8.98. The first-order valence-corrected chi connectivity index (χ1v) is 5.81. The van der Waals surface area contributed by atoms with Gasteiger partial charge in [-0.3, -0.25) is 4.57 Å². The number of halogens is 1. The summed E-state index contributed by atoms with van der Waals surface area (Å²) in [5, 5.41) is 0. The van der Waals surface area contributed by atoms with E-state index in [2.05, 4.69) is 0 Å². The van der Waals surface area contributed by atoms with Crippen LogP contribution >= 0.6 is 7.37 Å². The molecule has 0 aromatic heterocycles. The maximum Gasteiger partial charge on any atom is 0.202 e. The van der Waals surface area contributed by atoms with Crippen molar-refractivity contribution in [3.8, 4) is 0 Å². The number of hydrogen-bond donors (Lipinski definition) is 1. The Morgan fingerprint density at radius 2 is 2.08 bits per heavy atom. The molecule has 0 saturated heterocycles. The van der Waals surface area contributed by atoms with Gasteiger partial charge in [0.15, 0.2) is 0 Å². The molecular formula is C8H10FO2P. The summed E-state index contributed by atoms with van der Waals surface area (Å²) in [5.74, 6) is -0.423. The standard InChI is InChI=1S/C8H10FO2P/c1-12(10,11)6-7-4-2-3-5-8(7)9/h2-5H,6H2,1H3,(H,10,11). The SMILES string of the molecule is CP(=O)(O)Cc1ccccc1F. The van der Waals surface area contributed by atoms with Gasteiger partial charge in [0.2, 0.25) is 7.37 Å². The van der Waals surface area contributed by atoms with Crippen molar-refractivity contribution in [2.24, 2.45) is 0 Å². The van der Waals surface area contributed by atoms with E-state index in [-0.39, 0.29) is 6.16 Å². The summed E-state index contributed by atoms with van der Waals surface area (Å²) in [6.07, 6.45) is -0.0975. The van der Waals surface area contributed by atoms with Crippen molar-refractivity contribution in [2.75, 3.05) is 6.66 Å². The molecule has 2 nitrogen and oxygen atoms in total. The van der Waals surface area contributed by atoms with Gasteiger partial charge in [-0.2, -0.15) is 0 Å². The van der Waals surface area contributed by atoms with Crippen LogP contribution in [0.3, 0.4) is 0 Å². The second kappa shape index (κ2) is 3.38. The maximum atomic E-state index is 12.9. The number of rotatable bonds is 2. The average molecular weight is 188 g/mol. The van der Waals surface area contributed by atoms with Gasteiger partial charge in [-0.25, -0.2) is 4.39 Å². The summed E-state index contributed by atoms with van der Waals surface area (Å²) in [7, 11) is -3.15. The van der Waals surface area contributed by atoms with Gasteiger partial charge in [-0.15, -0.1) is 0 Å². The molecule has 1 aromatic rings. The monoisotopic (exact) mass is 188 g/mol. The van der Waals surface area contributed by atoms with Crippen LogP contribution in [0.1, 0.15) is 5.56 Å². The molecule has 0 heterocycles. The van der Waals surface area contributed by atoms with Gasteiger partial charge in [0.25, 0.3) is 0 Å². The largest absolute Gasteiger partial charge is 0.344 e. The maximum absolute atomic E-state index is 12.9. The van der Waals surface area contributed by atoms with Gasteiger partial charge >= 0.3 is 0 Å². The van der Waals surface area contributed by atoms with Crippen LogP contribution in [-0.4, -0.2) is 11.6 Å². The van der Waals surface area contributed by atoms with E-state index in [0.717, 1.165) is 0 Å². The zero-order valence-electron chi connectivity index (χ0n) is 6.70. The van der Waals surface area contributed by atoms with Crippen LogP contribution in [0, 0.1) is 5.82 Å². The first-order chi connectivity index (χ1) is 5.49. The van der Waals surface area contributed by atoms with Crippen molar-refractivity contribution in [1.29, 1.82) is 0 Å². The van der Waals surface area contributed by atoms with Crippen molar-refractivity contribution in [2.45, 2.75) is 6.16 Å². The molecule has 1 N–H and O–H groups in total. The molecule has 1 atom stereocenters. The minimum absolute atomic E-state index is 0.0975. The van der Waals surface area contributed by atoms with E-state index in [1.54, 1.807) is 12.1 Å². The molecule has 0 fully saturated rings. The molecule has 12 heavy (non-hydrogen) atoms. The first kappa shape index (κ1) is 9.43. The van der Waals surface area contributed by atoms with Gasteiger partial charge < -0.3 is 4.89 Å². The summed E-state index contributed by atoms with van der Waals surface area (Å²) < 4.78 is 23.8. The fraction of sp³-hybridized carbons (Fsp3) is 0.250. The Labute approximate surface area is 70.5 Å². The molecule has 0 saturated carbocycles. The van der Waals surface area contributed by atoms with Crippen LogP contribution in [0.15, 0.2) is 24.3 Å². The van der Waals surface area contributed by atoms with Crippen LogP contribution in [0.25, 0.3) is 0 Å². The molecule has 1 unspecified atom stereocenters. The van der Waals surface area contributed by atoms with Gasteiger partial charge in [-0.1, -0.05) is 18.2 Å². The van der Waals surface area contributed by atoms with Crippen molar-refractivity contribution in [3.63, 3.8) is 0 Å². The van der Waals surface area contributed by atoms with Gasteiger partial charge in [-0.05, 0) is 11.6 Å². The van der Waals surface area contributed by atoms with Crippen molar-refractivity contribution in [1.82, 2.24) is 0 Å². The molecule has 1 rings (SSSR count). The predicted octanol–water partition coefficient (Wildman–Crippen LogP) is 2.23. The number of benzene rings is 1. The van der Waals surface area contributed by atoms with Crippen LogP contribution in [-0.2, 0) is 10.7 Å². The van der Waals surface area contributed by atoms with E-state index in [1.807, 2.05) is 0 Å². The molecule has 0 bridgehead atoms. The Hall–Kier alpha value is -0.660. The van der Waals surface area contributed by atoms with Crippen molar-refractivity contribution < 1.29 is 13.8 Å². The molecule has 0 aliphatic carbocycles. The highest BCUT2D eigenvalue weighted by molar-refractivity contribution is 7.56. The van der Waals surface area contributed by atoms with Crippen molar-refractivity contribution >= 4 is 7.37 Å². The average Bonchev–Trinajstić information content (AvgIpc) is 1.91. The Kier molecular flexibility index (Phi) is 2.65. The summed E-state index contributed by atoms with van der Waals surface area (Å²) in [6, 6.07) is 6.00. The molecule has 4 heteroatoms. The Morgan fingerprint density at radius 3 is 2.58 bits per heavy atom. The summed E-state index contributed by atoms with van der Waals surface area (Å²) >= 11 is 0. The third-order valence-electron chi connectivity index (χ3n) is 1.42. The molecule has 0 aliphatic rings. The van der Waals surface area contributed by atoms with E-state index < -0.39 is 13.2 Å². The third-order valence-corrected chi connectivity index (χ3v) is 2.35. The second-order valence-corrected chi connectivity index (χ2v) is 5.22. The van der Waals surface area contributed by atoms with E-state index in [9.17, 15) is 8.96 Å². The normalized spacial score (nSPS) is 15.6. The molecule has 0 radical (unpaired) electrons. The minimum Gasteiger partial charge on any atom is -0.344 e. The third kappa shape index (κ3) is 2.76. The highest BCUT2D eigenvalue weighted by atomic mass is 31.2. The Morgan fingerprint density at radius 1 is 1.50 bits per heavy atom. The Bertz CT molecular complexity index is 319. The van der Waals surface area contributed by atoms with E-state index in [0.29, 0.717) is 5.56 Å². The van der Waals surface area contributed by atoms with Gasteiger partial charge in [0.05, 0.1) is 6.16 Å². The first-order valence-electron chi connectivity index (χ1n) is 3.52. The predicted molar refractivity (Wildman–Crippen MR) is 45.9 cm³/mol. The fourth-order valence-electron chi connectivity index (χ4n) is 0.943. The molecule has 66 valence electrons. The zero-order chi connectivity index (χ0) is 9.19. The fourth-order valence-corrected chi connectivity index (χ4v) is 1.83. The second-order valence-electron chi connectivity index (χ2n) is 2.80. The van der Waals surface area contributed by atoms with E-state index >= 15 is 0 Å². The van der Waals surface area contributed by atoms with Gasteiger partial charge in [0, 0.05) is 6.66 Å². The van der Waals surface area contributed by atoms with Gasteiger partial charge in [0.1, 0.15) is 5.82 Å². The minimum atomic E-state index is -3.15. The van der Waals surface area contributed by atoms with E-state index in [1.165, 1.54) is 18.8 Å². The molecule has 0 amide bonds. The topological polar surface area (TPSA) is 37.3 Å². The number of hydrogen-bond acceptors (Lipinski definition) is 1. The van der Waals surface area contributed by atoms with Crippen molar-refractivity contribution in [3.05, 3.63) is 35.6 Å². The molecule has 0 aliphatic heterocycles. The Balaban J connectivity index is 2.90. The smallest absolute Gasteiger partial charge is 0.202 e. The molecule has 1 aromatic carbocycles. The van der Waals surface area contributed by atoms with Crippen LogP contribution in [0.4, 0.5) is 4.39 Å². The highest BCUT2D eigenvalue weighted by Crippen LogP contribution is 2.40. The lowest BCUT2D eigenvalue weighted by Gasteiger charge is -2.05. The lowest BCUT2D eigenvalue weighted by Crippen LogP contribution is -1.90.